The Morgan fingerprint density at radius 2 is 1.00 bits per heavy atom. The number of hydrogen-bond acceptors (Lipinski definition) is 8. The molecular weight excluding hydrogens is 436 g/mol. The normalized spacial score (nSPS) is 27.0. The van der Waals surface area contributed by atoms with Crippen molar-refractivity contribution in [2.45, 2.75) is 38.0 Å². The molecule has 3 heterocycles. The van der Waals surface area contributed by atoms with Gasteiger partial charge in [-0.3, -0.25) is 10.0 Å². The van der Waals surface area contributed by atoms with Crippen molar-refractivity contribution < 1.29 is 0 Å². The molecule has 0 saturated carbocycles. The SMILES string of the molecule is CSC1=NN2C(C)C(C)N3N=C(SC)N=C(c4ccccc4)C3C2C(c2ccccc2)=N1. The second kappa shape index (κ2) is 8.75. The Hall–Kier alpha value is -2.58. The molecule has 2 aromatic carbocycles. The zero-order chi connectivity index (χ0) is 22.2. The first-order chi connectivity index (χ1) is 15.6. The lowest BCUT2D eigenvalue weighted by Crippen LogP contribution is -2.70. The molecule has 3 aliphatic rings. The molecule has 6 nitrogen and oxygen atoms in total. The van der Waals surface area contributed by atoms with E-state index in [1.165, 1.54) is 0 Å². The van der Waals surface area contributed by atoms with Crippen LogP contribution in [0.3, 0.4) is 0 Å². The number of hydrogen-bond donors (Lipinski definition) is 0. The number of hydrazone groups is 2. The van der Waals surface area contributed by atoms with Crippen LogP contribution in [0.15, 0.2) is 80.9 Å². The maximum atomic E-state index is 5.03. The number of aliphatic imine (C=N–C) groups is 2. The van der Waals surface area contributed by atoms with Crippen LogP contribution >= 0.6 is 23.5 Å². The van der Waals surface area contributed by atoms with Crippen LogP contribution in [0.1, 0.15) is 25.0 Å². The van der Waals surface area contributed by atoms with Crippen molar-refractivity contribution in [1.82, 2.24) is 10.0 Å². The molecule has 0 N–H and O–H groups in total. The van der Waals surface area contributed by atoms with Gasteiger partial charge < -0.3 is 0 Å². The van der Waals surface area contributed by atoms with Gasteiger partial charge in [-0.05, 0) is 37.5 Å². The monoisotopic (exact) mass is 462 g/mol. The fraction of sp³-hybridized carbons (Fsp3) is 0.333. The Balaban J connectivity index is 1.71. The van der Waals surface area contributed by atoms with E-state index in [0.717, 1.165) is 32.9 Å². The number of fused-ring (bicyclic) bond motifs is 3. The third-order valence-corrected chi connectivity index (χ3v) is 7.38. The van der Waals surface area contributed by atoms with E-state index in [2.05, 4.69) is 72.4 Å². The number of benzene rings is 2. The van der Waals surface area contributed by atoms with Gasteiger partial charge in [0.25, 0.3) is 0 Å². The van der Waals surface area contributed by atoms with E-state index in [1.54, 1.807) is 23.5 Å². The van der Waals surface area contributed by atoms with Gasteiger partial charge in [-0.1, -0.05) is 84.2 Å². The van der Waals surface area contributed by atoms with Crippen molar-refractivity contribution in [1.29, 1.82) is 0 Å². The lowest BCUT2D eigenvalue weighted by molar-refractivity contribution is -0.00452. The van der Waals surface area contributed by atoms with E-state index in [1.807, 2.05) is 24.6 Å². The van der Waals surface area contributed by atoms with Crippen molar-refractivity contribution in [3.63, 3.8) is 0 Å². The number of nitrogens with zero attached hydrogens (tertiary/aromatic N) is 6. The molecule has 0 aromatic heterocycles. The summed E-state index contributed by atoms with van der Waals surface area (Å²) in [6.07, 6.45) is 4.06. The highest BCUT2D eigenvalue weighted by molar-refractivity contribution is 8.13. The highest BCUT2D eigenvalue weighted by Gasteiger charge is 2.51. The fourth-order valence-electron chi connectivity index (χ4n) is 4.54. The van der Waals surface area contributed by atoms with E-state index in [0.29, 0.717) is 0 Å². The highest BCUT2D eigenvalue weighted by atomic mass is 32.2. The van der Waals surface area contributed by atoms with Crippen molar-refractivity contribution >= 4 is 45.3 Å². The highest BCUT2D eigenvalue weighted by Crippen LogP contribution is 2.37. The molecule has 0 spiro atoms. The van der Waals surface area contributed by atoms with Gasteiger partial charge in [0.05, 0.1) is 23.5 Å². The second-order valence-electron chi connectivity index (χ2n) is 8.03. The van der Waals surface area contributed by atoms with Gasteiger partial charge in [-0.25, -0.2) is 9.98 Å². The Kier molecular flexibility index (Phi) is 5.82. The quantitative estimate of drug-likeness (QED) is 0.664. The predicted molar refractivity (Wildman–Crippen MR) is 138 cm³/mol. The van der Waals surface area contributed by atoms with Crippen LogP contribution in [-0.2, 0) is 0 Å². The smallest absolute Gasteiger partial charge is 0.206 e. The first kappa shape index (κ1) is 21.3. The third kappa shape index (κ3) is 3.55. The van der Waals surface area contributed by atoms with Crippen LogP contribution in [0.4, 0.5) is 0 Å². The Labute approximate surface area is 197 Å². The second-order valence-corrected chi connectivity index (χ2v) is 9.58. The molecule has 1 saturated heterocycles. The lowest BCUT2D eigenvalue weighted by Gasteiger charge is -2.54. The summed E-state index contributed by atoms with van der Waals surface area (Å²) in [6, 6.07) is 21.0. The minimum absolute atomic E-state index is 0.0920. The van der Waals surface area contributed by atoms with Gasteiger partial charge in [0, 0.05) is 0 Å². The van der Waals surface area contributed by atoms with Crippen LogP contribution in [0.5, 0.6) is 0 Å². The summed E-state index contributed by atoms with van der Waals surface area (Å²) in [5.41, 5.74) is 4.26. The molecule has 8 heteroatoms. The van der Waals surface area contributed by atoms with E-state index >= 15 is 0 Å². The summed E-state index contributed by atoms with van der Waals surface area (Å²) in [5.74, 6) is 0. The van der Waals surface area contributed by atoms with E-state index < -0.39 is 0 Å². The van der Waals surface area contributed by atoms with Gasteiger partial charge in [0.15, 0.2) is 0 Å². The molecule has 32 heavy (non-hydrogen) atoms. The summed E-state index contributed by atoms with van der Waals surface area (Å²) >= 11 is 3.16. The van der Waals surface area contributed by atoms with Crippen LogP contribution in [0.2, 0.25) is 0 Å². The van der Waals surface area contributed by atoms with Gasteiger partial charge in [0.2, 0.25) is 10.3 Å². The Bertz CT molecular complexity index is 1020. The summed E-state index contributed by atoms with van der Waals surface area (Å²) in [4.78, 5) is 10.1. The van der Waals surface area contributed by atoms with Gasteiger partial charge in [-0.15, -0.1) is 10.2 Å². The molecule has 2 aromatic rings. The Morgan fingerprint density at radius 1 is 0.625 bits per heavy atom. The van der Waals surface area contributed by atoms with Crippen LogP contribution < -0.4 is 0 Å². The molecule has 0 aliphatic carbocycles. The minimum atomic E-state index is -0.0920. The Morgan fingerprint density at radius 3 is 1.34 bits per heavy atom. The number of amidine groups is 2. The molecule has 0 bridgehead atoms. The average Bonchev–Trinajstić information content (AvgIpc) is 2.86. The maximum Gasteiger partial charge on any atom is 0.206 e. The molecular formula is C24H26N6S2. The maximum absolute atomic E-state index is 5.03. The number of thioether (sulfide) groups is 2. The molecule has 1 fully saturated rings. The minimum Gasteiger partial charge on any atom is -0.278 e. The summed E-state index contributed by atoms with van der Waals surface area (Å²) in [7, 11) is 0. The first-order valence-electron chi connectivity index (χ1n) is 10.7. The van der Waals surface area contributed by atoms with Crippen molar-refractivity contribution in [2.24, 2.45) is 20.2 Å². The largest absolute Gasteiger partial charge is 0.278 e. The zero-order valence-electron chi connectivity index (χ0n) is 18.6. The molecule has 164 valence electrons. The summed E-state index contributed by atoms with van der Waals surface area (Å²) in [5, 5.41) is 16.0. The molecule has 4 unspecified atom stereocenters. The standard InChI is InChI=1S/C24H26N6S2/c1-15-16(2)30-22(20(26-24(28-30)32-4)18-13-9-6-10-14-18)21-19(17-11-7-5-8-12-17)25-23(31-3)27-29(15)21/h5-16,21-22H,1-4H3. The van der Waals surface area contributed by atoms with Crippen LogP contribution in [0.25, 0.3) is 0 Å². The lowest BCUT2D eigenvalue weighted by atomic mass is 9.84. The molecule has 4 atom stereocenters. The predicted octanol–water partition coefficient (Wildman–Crippen LogP) is 4.39. The van der Waals surface area contributed by atoms with Crippen LogP contribution in [0, 0.1) is 0 Å². The van der Waals surface area contributed by atoms with Gasteiger partial charge in [0.1, 0.15) is 12.1 Å². The zero-order valence-corrected chi connectivity index (χ0v) is 20.2. The average molecular weight is 463 g/mol. The molecule has 0 radical (unpaired) electrons. The van der Waals surface area contributed by atoms with Crippen molar-refractivity contribution in [3.05, 3.63) is 71.8 Å². The van der Waals surface area contributed by atoms with Gasteiger partial charge >= 0.3 is 0 Å². The van der Waals surface area contributed by atoms with Gasteiger partial charge in [-0.2, -0.15) is 0 Å². The molecule has 5 rings (SSSR count). The summed E-state index contributed by atoms with van der Waals surface area (Å²) < 4.78 is 0. The van der Waals surface area contributed by atoms with E-state index in [9.17, 15) is 0 Å². The van der Waals surface area contributed by atoms with Crippen LogP contribution in [-0.4, -0.2) is 68.5 Å². The third-order valence-electron chi connectivity index (χ3n) is 6.30. The topological polar surface area (TPSA) is 55.9 Å². The number of piperazine rings is 1. The van der Waals surface area contributed by atoms with E-state index in [4.69, 9.17) is 20.2 Å². The molecule has 3 aliphatic heterocycles. The van der Waals surface area contributed by atoms with Crippen molar-refractivity contribution in [2.75, 3.05) is 12.5 Å². The molecule has 0 amide bonds. The van der Waals surface area contributed by atoms with Crippen molar-refractivity contribution in [3.8, 4) is 0 Å². The van der Waals surface area contributed by atoms with E-state index in [-0.39, 0.29) is 24.2 Å². The fourth-order valence-corrected chi connectivity index (χ4v) is 5.27. The first-order valence-corrected chi connectivity index (χ1v) is 13.2. The number of rotatable bonds is 2. The summed E-state index contributed by atoms with van der Waals surface area (Å²) in [6.45, 7) is 4.46.